The van der Waals surface area contributed by atoms with Crippen LogP contribution in [-0.4, -0.2) is 25.7 Å². The number of nitrogens with one attached hydrogen (secondary N) is 1. The fraction of sp³-hybridized carbons (Fsp3) is 0.300. The Morgan fingerprint density at radius 2 is 2.38 bits per heavy atom. The van der Waals surface area contributed by atoms with E-state index in [9.17, 15) is 0 Å². The molecule has 0 saturated heterocycles. The molecule has 6 heteroatoms. The number of hydrogen-bond acceptors (Lipinski definition) is 4. The smallest absolute Gasteiger partial charge is 0.195 e. The Kier molecular flexibility index (Phi) is 3.09. The summed E-state index contributed by atoms with van der Waals surface area (Å²) in [7, 11) is 0. The van der Waals surface area contributed by atoms with Crippen LogP contribution < -0.4 is 5.73 Å². The molecule has 0 aliphatic heterocycles. The van der Waals surface area contributed by atoms with Crippen molar-refractivity contribution in [2.75, 3.05) is 0 Å². The predicted octanol–water partition coefficient (Wildman–Crippen LogP) is 1.54. The number of pyridine rings is 1. The van der Waals surface area contributed by atoms with Crippen LogP contribution in [0.25, 0.3) is 5.65 Å². The predicted molar refractivity (Wildman–Crippen MR) is 64.8 cm³/mol. The minimum absolute atomic E-state index is 0.203. The number of nitrogens with two attached hydrogens (primary N) is 1. The molecule has 5 nitrogen and oxygen atoms in total. The van der Waals surface area contributed by atoms with Crippen LogP contribution in [0, 0.1) is 5.41 Å². The first-order valence-corrected chi connectivity index (χ1v) is 5.84. The topological polar surface area (TPSA) is 80.1 Å². The van der Waals surface area contributed by atoms with Crippen molar-refractivity contribution in [1.82, 2.24) is 14.6 Å². The molecular weight excluding hydrogens is 222 g/mol. The van der Waals surface area contributed by atoms with Crippen LogP contribution >= 0.6 is 11.8 Å². The quantitative estimate of drug-likeness (QED) is 0.478. The highest BCUT2D eigenvalue weighted by Crippen LogP contribution is 2.23. The van der Waals surface area contributed by atoms with Gasteiger partial charge in [0.2, 0.25) is 0 Å². The number of amidine groups is 1. The third-order valence-electron chi connectivity index (χ3n) is 2.10. The average Bonchev–Trinajstić information content (AvgIpc) is 2.61. The molecule has 0 radical (unpaired) electrons. The minimum atomic E-state index is 0.203. The summed E-state index contributed by atoms with van der Waals surface area (Å²) in [6.45, 7) is 2.02. The zero-order chi connectivity index (χ0) is 11.5. The van der Waals surface area contributed by atoms with Crippen LogP contribution in [0.15, 0.2) is 29.6 Å². The lowest BCUT2D eigenvalue weighted by molar-refractivity contribution is 0.902. The number of nitrogens with zero attached hydrogens (tertiary/aromatic N) is 3. The molecule has 0 aromatic carbocycles. The van der Waals surface area contributed by atoms with E-state index in [2.05, 4.69) is 10.2 Å². The van der Waals surface area contributed by atoms with Crippen LogP contribution in [0.3, 0.4) is 0 Å². The van der Waals surface area contributed by atoms with Crippen molar-refractivity contribution >= 4 is 23.2 Å². The Morgan fingerprint density at radius 3 is 3.12 bits per heavy atom. The van der Waals surface area contributed by atoms with E-state index >= 15 is 0 Å². The maximum absolute atomic E-state index is 7.24. The van der Waals surface area contributed by atoms with Crippen molar-refractivity contribution < 1.29 is 0 Å². The molecule has 2 aromatic rings. The molecular formula is C10H13N5S. The van der Waals surface area contributed by atoms with Crippen molar-refractivity contribution in [3.8, 4) is 0 Å². The number of fused-ring (bicyclic) bond motifs is 1. The molecule has 16 heavy (non-hydrogen) atoms. The molecule has 0 spiro atoms. The van der Waals surface area contributed by atoms with E-state index in [1.165, 1.54) is 0 Å². The number of rotatable bonds is 4. The Labute approximate surface area is 97.6 Å². The second-order valence-electron chi connectivity index (χ2n) is 3.57. The normalized spacial score (nSPS) is 12.8. The van der Waals surface area contributed by atoms with Gasteiger partial charge in [-0.2, -0.15) is 0 Å². The van der Waals surface area contributed by atoms with Gasteiger partial charge in [0.15, 0.2) is 10.8 Å². The third kappa shape index (κ3) is 2.33. The van der Waals surface area contributed by atoms with Crippen molar-refractivity contribution in [3.05, 3.63) is 24.4 Å². The monoisotopic (exact) mass is 235 g/mol. The van der Waals surface area contributed by atoms with Gasteiger partial charge >= 0.3 is 0 Å². The molecule has 0 amide bonds. The fourth-order valence-electron chi connectivity index (χ4n) is 1.43. The van der Waals surface area contributed by atoms with Crippen molar-refractivity contribution in [2.45, 2.75) is 23.8 Å². The lowest BCUT2D eigenvalue weighted by Gasteiger charge is -2.07. The fourth-order valence-corrected chi connectivity index (χ4v) is 2.41. The maximum atomic E-state index is 7.24. The third-order valence-corrected chi connectivity index (χ3v) is 3.15. The number of aromatic nitrogens is 3. The van der Waals surface area contributed by atoms with Crippen LogP contribution in [-0.2, 0) is 0 Å². The first kappa shape index (κ1) is 10.9. The Hall–Kier alpha value is -1.56. The molecule has 2 heterocycles. The van der Waals surface area contributed by atoms with Gasteiger partial charge in [0.05, 0.1) is 5.84 Å². The van der Waals surface area contributed by atoms with Gasteiger partial charge in [0.1, 0.15) is 0 Å². The van der Waals surface area contributed by atoms with E-state index in [0.29, 0.717) is 6.42 Å². The van der Waals surface area contributed by atoms with Gasteiger partial charge in [-0.05, 0) is 12.1 Å². The van der Waals surface area contributed by atoms with Crippen molar-refractivity contribution in [3.63, 3.8) is 0 Å². The molecule has 0 aliphatic rings. The zero-order valence-corrected chi connectivity index (χ0v) is 9.74. The van der Waals surface area contributed by atoms with Crippen molar-refractivity contribution in [2.24, 2.45) is 5.73 Å². The van der Waals surface area contributed by atoms with Crippen LogP contribution in [0.4, 0.5) is 0 Å². The van der Waals surface area contributed by atoms with E-state index < -0.39 is 0 Å². The van der Waals surface area contributed by atoms with E-state index in [1.54, 1.807) is 11.8 Å². The molecule has 1 unspecified atom stereocenters. The summed E-state index contributed by atoms with van der Waals surface area (Å²) in [6.07, 6.45) is 2.49. The van der Waals surface area contributed by atoms with Gasteiger partial charge in [-0.25, -0.2) is 0 Å². The van der Waals surface area contributed by atoms with Gasteiger partial charge in [-0.3, -0.25) is 9.81 Å². The van der Waals surface area contributed by atoms with Crippen molar-refractivity contribution in [1.29, 1.82) is 5.41 Å². The van der Waals surface area contributed by atoms with E-state index in [-0.39, 0.29) is 11.1 Å². The summed E-state index contributed by atoms with van der Waals surface area (Å²) in [6, 6.07) is 5.78. The summed E-state index contributed by atoms with van der Waals surface area (Å²) >= 11 is 1.58. The second-order valence-corrected chi connectivity index (χ2v) is 4.97. The van der Waals surface area contributed by atoms with E-state index in [0.717, 1.165) is 10.8 Å². The highest BCUT2D eigenvalue weighted by molar-refractivity contribution is 7.99. The van der Waals surface area contributed by atoms with Crippen LogP contribution in [0.1, 0.15) is 13.3 Å². The number of thioether (sulfide) groups is 1. The summed E-state index contributed by atoms with van der Waals surface area (Å²) in [4.78, 5) is 0. The molecule has 0 aliphatic carbocycles. The molecule has 1 atom stereocenters. The van der Waals surface area contributed by atoms with E-state index in [4.69, 9.17) is 11.1 Å². The Balaban J connectivity index is 2.18. The summed E-state index contributed by atoms with van der Waals surface area (Å²) in [5.41, 5.74) is 6.20. The minimum Gasteiger partial charge on any atom is -0.388 e. The molecule has 2 rings (SSSR count). The lowest BCUT2D eigenvalue weighted by atomic mass is 10.3. The van der Waals surface area contributed by atoms with Gasteiger partial charge in [0, 0.05) is 17.9 Å². The molecule has 0 fully saturated rings. The molecule has 3 N–H and O–H groups in total. The largest absolute Gasteiger partial charge is 0.388 e. The molecule has 84 valence electrons. The average molecular weight is 235 g/mol. The molecule has 2 aromatic heterocycles. The number of hydrogen-bond donors (Lipinski definition) is 2. The lowest BCUT2D eigenvalue weighted by Crippen LogP contribution is -2.15. The first-order chi connectivity index (χ1) is 7.66. The van der Waals surface area contributed by atoms with Gasteiger partial charge in [-0.15, -0.1) is 10.2 Å². The molecule has 0 saturated carbocycles. The Morgan fingerprint density at radius 1 is 1.56 bits per heavy atom. The zero-order valence-electron chi connectivity index (χ0n) is 8.92. The SMILES string of the molecule is CC(CC(=N)N)Sc1nnc2ccccn12. The standard InChI is InChI=1S/C10H13N5S/c1-7(6-8(11)12)16-10-14-13-9-4-2-3-5-15(9)10/h2-5,7H,6H2,1H3,(H3,11,12). The van der Waals surface area contributed by atoms with Gasteiger partial charge < -0.3 is 5.73 Å². The van der Waals surface area contributed by atoms with E-state index in [1.807, 2.05) is 35.7 Å². The summed E-state index contributed by atoms with van der Waals surface area (Å²) in [5, 5.41) is 16.5. The van der Waals surface area contributed by atoms with Gasteiger partial charge in [-0.1, -0.05) is 24.8 Å². The summed E-state index contributed by atoms with van der Waals surface area (Å²) in [5.74, 6) is 0.203. The maximum Gasteiger partial charge on any atom is 0.195 e. The van der Waals surface area contributed by atoms with Gasteiger partial charge in [0.25, 0.3) is 0 Å². The second kappa shape index (κ2) is 4.52. The highest BCUT2D eigenvalue weighted by atomic mass is 32.2. The van der Waals surface area contributed by atoms with Crippen LogP contribution in [0.2, 0.25) is 0 Å². The molecule has 0 bridgehead atoms. The Bertz CT molecular complexity index is 507. The summed E-state index contributed by atoms with van der Waals surface area (Å²) < 4.78 is 1.93. The highest BCUT2D eigenvalue weighted by Gasteiger charge is 2.11. The van der Waals surface area contributed by atoms with Crippen LogP contribution in [0.5, 0.6) is 0 Å². The first-order valence-electron chi connectivity index (χ1n) is 4.96.